The summed E-state index contributed by atoms with van der Waals surface area (Å²) in [5, 5.41) is 2.80. The normalized spacial score (nSPS) is 19.2. The summed E-state index contributed by atoms with van der Waals surface area (Å²) in [4.78, 5) is 23.9. The fourth-order valence-electron chi connectivity index (χ4n) is 1.59. The Morgan fingerprint density at radius 1 is 1.43 bits per heavy atom. The lowest BCUT2D eigenvalue weighted by Crippen LogP contribution is -2.44. The molecule has 1 rings (SSSR count). The highest BCUT2D eigenvalue weighted by Gasteiger charge is 2.18. The molecule has 80 valence electrons. The molecule has 0 aromatic rings. The average Bonchev–Trinajstić information content (AvgIpc) is 2.07. The Hall–Kier alpha value is -1.10. The standard InChI is InChI=1S/C9H17N3O2/c1-12-4-2-7(3-5-12)11-9(14)6-8(10)13/h7H,2-6H2,1H3,(H2,10,13)(H,11,14). The second-order valence-corrected chi connectivity index (χ2v) is 3.79. The highest BCUT2D eigenvalue weighted by atomic mass is 16.2. The van der Waals surface area contributed by atoms with E-state index in [1.54, 1.807) is 0 Å². The van der Waals surface area contributed by atoms with Crippen molar-refractivity contribution in [1.29, 1.82) is 0 Å². The summed E-state index contributed by atoms with van der Waals surface area (Å²) in [6, 6.07) is 0.207. The van der Waals surface area contributed by atoms with Crippen LogP contribution in [0.1, 0.15) is 19.3 Å². The number of carbonyl (C=O) groups excluding carboxylic acids is 2. The van der Waals surface area contributed by atoms with Crippen LogP contribution in [0.4, 0.5) is 0 Å². The summed E-state index contributed by atoms with van der Waals surface area (Å²) in [6.45, 7) is 1.98. The number of likely N-dealkylation sites (tertiary alicyclic amines) is 1. The molecular weight excluding hydrogens is 182 g/mol. The molecule has 0 bridgehead atoms. The minimum absolute atomic E-state index is 0.202. The van der Waals surface area contributed by atoms with Gasteiger partial charge in [0, 0.05) is 6.04 Å². The third kappa shape index (κ3) is 3.74. The lowest BCUT2D eigenvalue weighted by atomic mass is 10.1. The van der Waals surface area contributed by atoms with Crippen LogP contribution < -0.4 is 11.1 Å². The van der Waals surface area contributed by atoms with E-state index in [2.05, 4.69) is 17.3 Å². The van der Waals surface area contributed by atoms with Gasteiger partial charge in [0.2, 0.25) is 11.8 Å². The van der Waals surface area contributed by atoms with Crippen LogP contribution in [0.25, 0.3) is 0 Å². The number of amides is 2. The minimum atomic E-state index is -0.574. The average molecular weight is 199 g/mol. The van der Waals surface area contributed by atoms with Gasteiger partial charge in [0.05, 0.1) is 0 Å². The van der Waals surface area contributed by atoms with E-state index in [-0.39, 0.29) is 18.4 Å². The molecule has 5 heteroatoms. The zero-order valence-corrected chi connectivity index (χ0v) is 8.45. The van der Waals surface area contributed by atoms with Crippen LogP contribution in [0.2, 0.25) is 0 Å². The van der Waals surface area contributed by atoms with Gasteiger partial charge in [-0.25, -0.2) is 0 Å². The molecule has 0 aromatic heterocycles. The molecule has 5 nitrogen and oxygen atoms in total. The van der Waals surface area contributed by atoms with Crippen LogP contribution in [0.15, 0.2) is 0 Å². The number of nitrogens with one attached hydrogen (secondary N) is 1. The predicted molar refractivity (Wildman–Crippen MR) is 52.5 cm³/mol. The Labute approximate surface area is 83.6 Å². The molecule has 0 radical (unpaired) electrons. The zero-order valence-electron chi connectivity index (χ0n) is 8.45. The number of nitrogens with two attached hydrogens (primary N) is 1. The van der Waals surface area contributed by atoms with Gasteiger partial charge in [0.15, 0.2) is 0 Å². The first-order chi connectivity index (χ1) is 6.58. The molecule has 0 unspecified atom stereocenters. The van der Waals surface area contributed by atoms with Crippen LogP contribution in [-0.4, -0.2) is 42.9 Å². The van der Waals surface area contributed by atoms with Crippen molar-refractivity contribution in [3.8, 4) is 0 Å². The number of nitrogens with zero attached hydrogens (tertiary/aromatic N) is 1. The summed E-state index contributed by atoms with van der Waals surface area (Å²) >= 11 is 0. The molecule has 14 heavy (non-hydrogen) atoms. The Kier molecular flexibility index (Phi) is 3.88. The van der Waals surface area contributed by atoms with Crippen molar-refractivity contribution in [1.82, 2.24) is 10.2 Å². The van der Waals surface area contributed by atoms with Crippen LogP contribution in [0.3, 0.4) is 0 Å². The second kappa shape index (κ2) is 4.95. The van der Waals surface area contributed by atoms with E-state index in [1.807, 2.05) is 0 Å². The third-order valence-electron chi connectivity index (χ3n) is 2.42. The van der Waals surface area contributed by atoms with Gasteiger partial charge in [0.25, 0.3) is 0 Å². The number of hydrogen-bond donors (Lipinski definition) is 2. The third-order valence-corrected chi connectivity index (χ3v) is 2.42. The van der Waals surface area contributed by atoms with E-state index in [0.29, 0.717) is 0 Å². The monoisotopic (exact) mass is 199 g/mol. The second-order valence-electron chi connectivity index (χ2n) is 3.79. The molecule has 1 heterocycles. The zero-order chi connectivity index (χ0) is 10.6. The number of primary amides is 1. The van der Waals surface area contributed by atoms with Crippen LogP contribution in [-0.2, 0) is 9.59 Å². The molecule has 1 aliphatic heterocycles. The quantitative estimate of drug-likeness (QED) is 0.577. The summed E-state index contributed by atoms with van der Waals surface area (Å²) < 4.78 is 0. The van der Waals surface area contributed by atoms with E-state index in [9.17, 15) is 9.59 Å². The SMILES string of the molecule is CN1CCC(NC(=O)CC(N)=O)CC1. The molecule has 0 aliphatic carbocycles. The van der Waals surface area contributed by atoms with Gasteiger partial charge in [-0.2, -0.15) is 0 Å². The van der Waals surface area contributed by atoms with Gasteiger partial charge in [-0.1, -0.05) is 0 Å². The molecule has 2 amide bonds. The fraction of sp³-hybridized carbons (Fsp3) is 0.778. The first-order valence-corrected chi connectivity index (χ1v) is 4.84. The predicted octanol–water partition coefficient (Wildman–Crippen LogP) is -0.928. The Bertz CT molecular complexity index is 222. The summed E-state index contributed by atoms with van der Waals surface area (Å²) in [5.41, 5.74) is 4.91. The van der Waals surface area contributed by atoms with Gasteiger partial charge < -0.3 is 16.0 Å². The molecular formula is C9H17N3O2. The molecule has 0 spiro atoms. The number of rotatable bonds is 3. The van der Waals surface area contributed by atoms with Gasteiger partial charge in [-0.3, -0.25) is 9.59 Å². The van der Waals surface area contributed by atoms with E-state index >= 15 is 0 Å². The molecule has 1 fully saturated rings. The minimum Gasteiger partial charge on any atom is -0.369 e. The van der Waals surface area contributed by atoms with Gasteiger partial charge in [0.1, 0.15) is 6.42 Å². The summed E-state index contributed by atoms with van der Waals surface area (Å²) in [5.74, 6) is -0.831. The summed E-state index contributed by atoms with van der Waals surface area (Å²) in [7, 11) is 2.06. The van der Waals surface area contributed by atoms with Crippen molar-refractivity contribution in [2.75, 3.05) is 20.1 Å². The molecule has 1 aliphatic rings. The maximum Gasteiger partial charge on any atom is 0.229 e. The maximum absolute atomic E-state index is 11.2. The lowest BCUT2D eigenvalue weighted by Gasteiger charge is -2.29. The van der Waals surface area contributed by atoms with Crippen molar-refractivity contribution in [3.05, 3.63) is 0 Å². The molecule has 0 atom stereocenters. The highest BCUT2D eigenvalue weighted by molar-refractivity contribution is 5.96. The van der Waals surface area contributed by atoms with Crippen molar-refractivity contribution >= 4 is 11.8 Å². The summed E-state index contributed by atoms with van der Waals surface area (Å²) in [6.07, 6.45) is 1.69. The Morgan fingerprint density at radius 3 is 2.50 bits per heavy atom. The number of hydrogen-bond acceptors (Lipinski definition) is 3. The molecule has 3 N–H and O–H groups in total. The van der Waals surface area contributed by atoms with Crippen molar-refractivity contribution < 1.29 is 9.59 Å². The van der Waals surface area contributed by atoms with Crippen LogP contribution in [0.5, 0.6) is 0 Å². The maximum atomic E-state index is 11.2. The van der Waals surface area contributed by atoms with Gasteiger partial charge >= 0.3 is 0 Å². The largest absolute Gasteiger partial charge is 0.369 e. The smallest absolute Gasteiger partial charge is 0.229 e. The van der Waals surface area contributed by atoms with Crippen LogP contribution >= 0.6 is 0 Å². The van der Waals surface area contributed by atoms with E-state index in [1.165, 1.54) is 0 Å². The topological polar surface area (TPSA) is 75.4 Å². The van der Waals surface area contributed by atoms with E-state index in [0.717, 1.165) is 25.9 Å². The highest BCUT2D eigenvalue weighted by Crippen LogP contribution is 2.07. The molecule has 0 saturated carbocycles. The first kappa shape index (κ1) is 11.0. The van der Waals surface area contributed by atoms with Gasteiger partial charge in [-0.05, 0) is 33.0 Å². The van der Waals surface area contributed by atoms with Gasteiger partial charge in [-0.15, -0.1) is 0 Å². The van der Waals surface area contributed by atoms with Crippen molar-refractivity contribution in [2.45, 2.75) is 25.3 Å². The molecule has 0 aromatic carbocycles. The van der Waals surface area contributed by atoms with E-state index < -0.39 is 5.91 Å². The fourth-order valence-corrected chi connectivity index (χ4v) is 1.59. The van der Waals surface area contributed by atoms with Crippen molar-refractivity contribution in [2.24, 2.45) is 5.73 Å². The Balaban J connectivity index is 2.24. The van der Waals surface area contributed by atoms with Crippen LogP contribution in [0, 0.1) is 0 Å². The number of piperidine rings is 1. The first-order valence-electron chi connectivity index (χ1n) is 4.84. The van der Waals surface area contributed by atoms with Crippen molar-refractivity contribution in [3.63, 3.8) is 0 Å². The Morgan fingerprint density at radius 2 is 2.00 bits per heavy atom. The molecule has 1 saturated heterocycles. The number of carbonyl (C=O) groups is 2. The van der Waals surface area contributed by atoms with E-state index in [4.69, 9.17) is 5.73 Å². The lowest BCUT2D eigenvalue weighted by molar-refractivity contribution is -0.128.